The van der Waals surface area contributed by atoms with E-state index in [4.69, 9.17) is 14.6 Å². The van der Waals surface area contributed by atoms with E-state index in [0.717, 1.165) is 24.3 Å². The minimum Gasteiger partial charge on any atom is -0.493 e. The smallest absolute Gasteiger partial charge is 0.286 e. The maximum Gasteiger partial charge on any atom is 0.286 e. The second-order valence-corrected chi connectivity index (χ2v) is 9.47. The van der Waals surface area contributed by atoms with Crippen molar-refractivity contribution in [3.05, 3.63) is 27.8 Å². The molecule has 0 spiro atoms. The van der Waals surface area contributed by atoms with Gasteiger partial charge in [0, 0.05) is 12.6 Å². The van der Waals surface area contributed by atoms with Gasteiger partial charge in [-0.25, -0.2) is 0 Å². The molecule has 1 heterocycles. The van der Waals surface area contributed by atoms with Crippen LogP contribution in [0, 0.1) is 10.1 Å². The lowest BCUT2D eigenvalue weighted by molar-refractivity contribution is -0.385. The van der Waals surface area contributed by atoms with Crippen LogP contribution in [0.5, 0.6) is 11.5 Å². The van der Waals surface area contributed by atoms with E-state index in [9.17, 15) is 14.9 Å². The van der Waals surface area contributed by atoms with Crippen molar-refractivity contribution in [2.75, 3.05) is 38.4 Å². The summed E-state index contributed by atoms with van der Waals surface area (Å²) in [6.45, 7) is 4.50. The lowest BCUT2D eigenvalue weighted by atomic mass is 10.1. The fourth-order valence-corrected chi connectivity index (χ4v) is 6.25. The van der Waals surface area contributed by atoms with E-state index >= 15 is 0 Å². The first-order valence-corrected chi connectivity index (χ1v) is 11.7. The number of nitro benzene ring substituents is 1. The molecule has 0 radical (unpaired) electrons. The molecule has 29 heavy (non-hydrogen) atoms. The van der Waals surface area contributed by atoms with Crippen LogP contribution >= 0.6 is 23.5 Å². The highest BCUT2D eigenvalue weighted by Crippen LogP contribution is 2.39. The summed E-state index contributed by atoms with van der Waals surface area (Å²) in [4.78, 5) is 26.2. The number of amides is 1. The maximum absolute atomic E-state index is 13.4. The van der Waals surface area contributed by atoms with Crippen LogP contribution in [0.1, 0.15) is 37.0 Å². The molecule has 1 aliphatic rings. The van der Waals surface area contributed by atoms with E-state index < -0.39 is 4.92 Å². The molecule has 162 valence electrons. The van der Waals surface area contributed by atoms with Crippen LogP contribution in [0.3, 0.4) is 0 Å². The van der Waals surface area contributed by atoms with Crippen LogP contribution in [-0.2, 0) is 0 Å². The van der Waals surface area contributed by atoms with E-state index in [2.05, 4.69) is 13.8 Å². The van der Waals surface area contributed by atoms with Gasteiger partial charge in [0.1, 0.15) is 12.2 Å². The van der Waals surface area contributed by atoms with Crippen LogP contribution in [0.15, 0.2) is 12.1 Å². The molecular weight excluding hydrogens is 416 g/mol. The number of likely N-dealkylation sites (tertiary alicyclic amines) is 1. The predicted octanol–water partition coefficient (Wildman–Crippen LogP) is 3.41. The molecule has 1 aromatic carbocycles. The molecule has 0 bridgehead atoms. The summed E-state index contributed by atoms with van der Waals surface area (Å²) in [6.07, 6.45) is 1.77. The molecule has 0 saturated carbocycles. The Hall–Kier alpha value is -1.65. The number of hydrogen-bond acceptors (Lipinski definition) is 8. The standard InChI is InChI=1S/C19H28N2O6S2/c1-4-28-19(29-5-2)14-7-6-8-20(14)18(23)13-11-16(26-3)17(27-10-9-22)12-15(13)21(24)25/h11-12,14,19,22H,4-10H2,1-3H3/t14-/m0/s1. The highest BCUT2D eigenvalue weighted by atomic mass is 32.2. The molecule has 1 atom stereocenters. The summed E-state index contributed by atoms with van der Waals surface area (Å²) in [6, 6.07) is 2.61. The minimum atomic E-state index is -0.581. The number of ether oxygens (including phenoxy) is 2. The van der Waals surface area contributed by atoms with Crippen LogP contribution in [0.25, 0.3) is 0 Å². The number of aliphatic hydroxyl groups excluding tert-OH is 1. The monoisotopic (exact) mass is 444 g/mol. The van der Waals surface area contributed by atoms with E-state index in [0.29, 0.717) is 6.54 Å². The number of methoxy groups -OCH3 is 1. The third kappa shape index (κ3) is 5.70. The van der Waals surface area contributed by atoms with Gasteiger partial charge >= 0.3 is 0 Å². The lowest BCUT2D eigenvalue weighted by Gasteiger charge is -2.31. The SMILES string of the molecule is CCSC(SCC)[C@@H]1CCCN1C(=O)c1cc(OC)c(OCCO)cc1[N+](=O)[O-]. The van der Waals surface area contributed by atoms with E-state index in [1.165, 1.54) is 19.2 Å². The normalized spacial score (nSPS) is 16.3. The molecule has 1 fully saturated rings. The van der Waals surface area contributed by atoms with Gasteiger partial charge in [-0.15, -0.1) is 23.5 Å². The van der Waals surface area contributed by atoms with Crippen molar-refractivity contribution in [2.24, 2.45) is 0 Å². The predicted molar refractivity (Wildman–Crippen MR) is 116 cm³/mol. The topological polar surface area (TPSA) is 102 Å². The van der Waals surface area contributed by atoms with Crippen LogP contribution in [0.4, 0.5) is 5.69 Å². The molecule has 1 aromatic rings. The number of carbonyl (C=O) groups excluding carboxylic acids is 1. The van der Waals surface area contributed by atoms with Gasteiger partial charge in [-0.3, -0.25) is 14.9 Å². The van der Waals surface area contributed by atoms with Crippen molar-refractivity contribution < 1.29 is 24.3 Å². The summed E-state index contributed by atoms with van der Waals surface area (Å²) in [7, 11) is 1.41. The number of benzene rings is 1. The molecular formula is C19H28N2O6S2. The van der Waals surface area contributed by atoms with Crippen LogP contribution in [0.2, 0.25) is 0 Å². The van der Waals surface area contributed by atoms with Crippen LogP contribution < -0.4 is 9.47 Å². The van der Waals surface area contributed by atoms with Crippen LogP contribution in [-0.4, -0.2) is 69.8 Å². The quantitative estimate of drug-likeness (QED) is 0.315. The zero-order chi connectivity index (χ0) is 21.4. The number of hydrogen-bond donors (Lipinski definition) is 1. The summed E-state index contributed by atoms with van der Waals surface area (Å²) in [5, 5.41) is 20.6. The van der Waals surface area contributed by atoms with Gasteiger partial charge in [-0.1, -0.05) is 13.8 Å². The van der Waals surface area contributed by atoms with Crippen molar-refractivity contribution in [3.8, 4) is 11.5 Å². The number of rotatable bonds is 11. The molecule has 0 unspecified atom stereocenters. The van der Waals surface area contributed by atoms with Gasteiger partial charge in [0.15, 0.2) is 11.5 Å². The maximum atomic E-state index is 13.4. The van der Waals surface area contributed by atoms with E-state index in [-0.39, 0.29) is 52.5 Å². The molecule has 8 nitrogen and oxygen atoms in total. The summed E-state index contributed by atoms with van der Waals surface area (Å²) < 4.78 is 10.9. The first-order valence-electron chi connectivity index (χ1n) is 9.62. The Balaban J connectivity index is 2.40. The zero-order valence-electron chi connectivity index (χ0n) is 17.0. The van der Waals surface area contributed by atoms with Gasteiger partial charge in [0.25, 0.3) is 11.6 Å². The average molecular weight is 445 g/mol. The second kappa shape index (κ2) is 11.5. The average Bonchev–Trinajstić information content (AvgIpc) is 3.20. The zero-order valence-corrected chi connectivity index (χ0v) is 18.6. The molecule has 0 aromatic heterocycles. The largest absolute Gasteiger partial charge is 0.493 e. The molecule has 1 aliphatic heterocycles. The Morgan fingerprint density at radius 3 is 2.59 bits per heavy atom. The van der Waals surface area contributed by atoms with Crippen molar-refractivity contribution in [2.45, 2.75) is 37.3 Å². The van der Waals surface area contributed by atoms with Crippen molar-refractivity contribution in [3.63, 3.8) is 0 Å². The Kier molecular flexibility index (Phi) is 9.38. The molecule has 10 heteroatoms. The number of carbonyl (C=O) groups is 1. The minimum absolute atomic E-state index is 0.00292. The summed E-state index contributed by atoms with van der Waals surface area (Å²) in [5.74, 6) is 1.89. The molecule has 1 amide bonds. The molecule has 0 aliphatic carbocycles. The van der Waals surface area contributed by atoms with Crippen molar-refractivity contribution >= 4 is 35.1 Å². The van der Waals surface area contributed by atoms with Gasteiger partial charge < -0.3 is 19.5 Å². The lowest BCUT2D eigenvalue weighted by Crippen LogP contribution is -2.41. The highest BCUT2D eigenvalue weighted by molar-refractivity contribution is 8.17. The first kappa shape index (κ1) is 23.6. The van der Waals surface area contributed by atoms with Gasteiger partial charge in [-0.05, 0) is 24.3 Å². The first-order chi connectivity index (χ1) is 14.0. The second-order valence-electron chi connectivity index (χ2n) is 6.34. The van der Waals surface area contributed by atoms with Crippen molar-refractivity contribution in [1.29, 1.82) is 0 Å². The fourth-order valence-electron chi connectivity index (χ4n) is 3.38. The number of nitro groups is 1. The Morgan fingerprint density at radius 1 is 1.34 bits per heavy atom. The number of aliphatic hydroxyl groups is 1. The Labute approximate surface area is 179 Å². The third-order valence-corrected chi connectivity index (χ3v) is 7.36. The third-order valence-electron chi connectivity index (χ3n) is 4.59. The molecule has 2 rings (SSSR count). The molecule has 1 saturated heterocycles. The fraction of sp³-hybridized carbons (Fsp3) is 0.632. The summed E-state index contributed by atoms with van der Waals surface area (Å²) in [5.41, 5.74) is -0.325. The Bertz CT molecular complexity index is 712. The number of nitrogens with zero attached hydrogens (tertiary/aromatic N) is 2. The number of thioether (sulfide) groups is 2. The molecule has 1 N–H and O–H groups in total. The van der Waals surface area contributed by atoms with E-state index in [1.54, 1.807) is 4.90 Å². The summed E-state index contributed by atoms with van der Waals surface area (Å²) >= 11 is 3.62. The highest BCUT2D eigenvalue weighted by Gasteiger charge is 2.38. The van der Waals surface area contributed by atoms with Gasteiger partial charge in [0.2, 0.25) is 0 Å². The van der Waals surface area contributed by atoms with E-state index in [1.807, 2.05) is 23.5 Å². The Morgan fingerprint density at radius 2 is 2.03 bits per heavy atom. The van der Waals surface area contributed by atoms with Crippen molar-refractivity contribution in [1.82, 2.24) is 4.90 Å². The van der Waals surface area contributed by atoms with Gasteiger partial charge in [0.05, 0.1) is 35.3 Å². The van der Waals surface area contributed by atoms with Gasteiger partial charge in [-0.2, -0.15) is 0 Å².